The van der Waals surface area contributed by atoms with E-state index in [9.17, 15) is 4.79 Å². The number of aromatic nitrogens is 2. The molecule has 4 rings (SSSR count). The molecule has 0 fully saturated rings. The maximum Gasteiger partial charge on any atom is 0.231 e. The number of thiophene rings is 1. The summed E-state index contributed by atoms with van der Waals surface area (Å²) in [6.07, 6.45) is 2.09. The van der Waals surface area contributed by atoms with Crippen molar-refractivity contribution < 1.29 is 18.7 Å². The standard InChI is InChI=1S/C20H21N3O4S/c1-13(9-15-3-2-8-28-15)21-18(24)6-7-19-22-23-20(27-19)11-14-4-5-16-17(10-14)26-12-25-16/h2-5,8,10,13H,6-7,9,11-12H2,1H3,(H,21,24). The Morgan fingerprint density at radius 3 is 2.93 bits per heavy atom. The third-order valence-corrected chi connectivity index (χ3v) is 5.26. The smallest absolute Gasteiger partial charge is 0.231 e. The van der Waals surface area contributed by atoms with Crippen LogP contribution in [0, 0.1) is 0 Å². The molecule has 146 valence electrons. The summed E-state index contributed by atoms with van der Waals surface area (Å²) in [6.45, 7) is 2.26. The quantitative estimate of drug-likeness (QED) is 0.626. The van der Waals surface area contributed by atoms with Crippen LogP contribution < -0.4 is 14.8 Å². The molecule has 0 saturated heterocycles. The number of nitrogens with zero attached hydrogens (tertiary/aromatic N) is 2. The zero-order valence-electron chi connectivity index (χ0n) is 15.5. The third-order valence-electron chi connectivity index (χ3n) is 4.36. The second-order valence-electron chi connectivity index (χ2n) is 6.71. The van der Waals surface area contributed by atoms with Gasteiger partial charge in [0.25, 0.3) is 0 Å². The van der Waals surface area contributed by atoms with Gasteiger partial charge in [-0.05, 0) is 36.1 Å². The van der Waals surface area contributed by atoms with Crippen LogP contribution in [0.1, 0.15) is 35.6 Å². The highest BCUT2D eigenvalue weighted by molar-refractivity contribution is 7.09. The first-order valence-corrected chi connectivity index (χ1v) is 10.1. The molecule has 3 aromatic rings. The van der Waals surface area contributed by atoms with Gasteiger partial charge in [0.1, 0.15) is 0 Å². The van der Waals surface area contributed by atoms with Gasteiger partial charge in [-0.1, -0.05) is 12.1 Å². The Bertz CT molecular complexity index is 939. The monoisotopic (exact) mass is 399 g/mol. The van der Waals surface area contributed by atoms with Crippen molar-refractivity contribution in [3.05, 3.63) is 57.9 Å². The summed E-state index contributed by atoms with van der Waals surface area (Å²) >= 11 is 1.70. The van der Waals surface area contributed by atoms with Gasteiger partial charge < -0.3 is 19.2 Å². The van der Waals surface area contributed by atoms with Crippen LogP contribution in [-0.4, -0.2) is 28.9 Å². The number of nitrogens with one attached hydrogen (secondary N) is 1. The van der Waals surface area contributed by atoms with Crippen molar-refractivity contribution in [2.45, 2.75) is 38.6 Å². The number of amides is 1. The molecule has 28 heavy (non-hydrogen) atoms. The third kappa shape index (κ3) is 4.69. The van der Waals surface area contributed by atoms with Gasteiger partial charge in [0.05, 0.1) is 6.42 Å². The first kappa shape index (κ1) is 18.5. The predicted molar refractivity (Wildman–Crippen MR) is 104 cm³/mol. The number of benzene rings is 1. The number of carbonyl (C=O) groups is 1. The largest absolute Gasteiger partial charge is 0.454 e. The average Bonchev–Trinajstić information content (AvgIpc) is 3.41. The van der Waals surface area contributed by atoms with Crippen molar-refractivity contribution in [1.82, 2.24) is 15.5 Å². The van der Waals surface area contributed by atoms with Crippen molar-refractivity contribution >= 4 is 17.2 Å². The van der Waals surface area contributed by atoms with Crippen LogP contribution in [0.3, 0.4) is 0 Å². The van der Waals surface area contributed by atoms with E-state index < -0.39 is 0 Å². The first-order valence-electron chi connectivity index (χ1n) is 9.17. The second kappa shape index (κ2) is 8.43. The summed E-state index contributed by atoms with van der Waals surface area (Å²) in [5, 5.41) is 13.2. The molecule has 1 N–H and O–H groups in total. The van der Waals surface area contributed by atoms with E-state index in [2.05, 4.69) is 21.6 Å². The van der Waals surface area contributed by atoms with Crippen LogP contribution in [0.15, 0.2) is 40.1 Å². The average molecular weight is 399 g/mol. The minimum Gasteiger partial charge on any atom is -0.454 e. The van der Waals surface area contributed by atoms with E-state index in [1.165, 1.54) is 4.88 Å². The molecule has 1 amide bonds. The Labute approximate surface area is 166 Å². The number of hydrogen-bond acceptors (Lipinski definition) is 7. The van der Waals surface area contributed by atoms with Gasteiger partial charge in [0.15, 0.2) is 11.5 Å². The van der Waals surface area contributed by atoms with E-state index in [4.69, 9.17) is 13.9 Å². The Morgan fingerprint density at radius 2 is 2.07 bits per heavy atom. The fraction of sp³-hybridized carbons (Fsp3) is 0.350. The molecule has 3 heterocycles. The van der Waals surface area contributed by atoms with Crippen molar-refractivity contribution in [1.29, 1.82) is 0 Å². The molecule has 0 radical (unpaired) electrons. The van der Waals surface area contributed by atoms with Crippen LogP contribution in [0.25, 0.3) is 0 Å². The van der Waals surface area contributed by atoms with E-state index in [-0.39, 0.29) is 18.7 Å². The highest BCUT2D eigenvalue weighted by Gasteiger charge is 2.15. The van der Waals surface area contributed by atoms with E-state index in [0.29, 0.717) is 31.0 Å². The van der Waals surface area contributed by atoms with Crippen LogP contribution in [-0.2, 0) is 24.1 Å². The molecule has 7 nitrogen and oxygen atoms in total. The van der Waals surface area contributed by atoms with Crippen molar-refractivity contribution in [3.8, 4) is 11.5 Å². The number of fused-ring (bicyclic) bond motifs is 1. The molecule has 1 unspecified atom stereocenters. The highest BCUT2D eigenvalue weighted by atomic mass is 32.1. The van der Waals surface area contributed by atoms with Crippen LogP contribution >= 0.6 is 11.3 Å². The molecule has 1 atom stereocenters. The van der Waals surface area contributed by atoms with Gasteiger partial charge in [0.2, 0.25) is 24.5 Å². The summed E-state index contributed by atoms with van der Waals surface area (Å²) < 4.78 is 16.4. The normalized spacial score (nSPS) is 13.5. The van der Waals surface area contributed by atoms with Gasteiger partial charge >= 0.3 is 0 Å². The lowest BCUT2D eigenvalue weighted by Crippen LogP contribution is -2.34. The fourth-order valence-electron chi connectivity index (χ4n) is 3.04. The van der Waals surface area contributed by atoms with E-state index in [1.807, 2.05) is 36.6 Å². The van der Waals surface area contributed by atoms with Gasteiger partial charge in [-0.25, -0.2) is 0 Å². The van der Waals surface area contributed by atoms with Crippen molar-refractivity contribution in [2.75, 3.05) is 6.79 Å². The topological polar surface area (TPSA) is 86.5 Å². The molecule has 1 aromatic carbocycles. The second-order valence-corrected chi connectivity index (χ2v) is 7.74. The molecule has 8 heteroatoms. The predicted octanol–water partition coefficient (Wildman–Crippen LogP) is 3.13. The first-order chi connectivity index (χ1) is 13.7. The molecule has 2 aromatic heterocycles. The van der Waals surface area contributed by atoms with E-state index >= 15 is 0 Å². The molecule has 1 aliphatic heterocycles. The van der Waals surface area contributed by atoms with Crippen molar-refractivity contribution in [2.24, 2.45) is 0 Å². The van der Waals surface area contributed by atoms with Gasteiger partial charge in [0, 0.05) is 30.2 Å². The summed E-state index contributed by atoms with van der Waals surface area (Å²) in [6, 6.07) is 9.92. The zero-order chi connectivity index (χ0) is 19.3. The highest BCUT2D eigenvalue weighted by Crippen LogP contribution is 2.33. The summed E-state index contributed by atoms with van der Waals surface area (Å²) in [4.78, 5) is 13.4. The fourth-order valence-corrected chi connectivity index (χ4v) is 3.87. The van der Waals surface area contributed by atoms with Crippen LogP contribution in [0.2, 0.25) is 0 Å². The molecular formula is C20H21N3O4S. The maximum atomic E-state index is 12.1. The Balaban J connectivity index is 1.25. The summed E-state index contributed by atoms with van der Waals surface area (Å²) in [5.41, 5.74) is 1.000. The molecule has 0 saturated carbocycles. The number of ether oxygens (including phenoxy) is 2. The SMILES string of the molecule is CC(Cc1cccs1)NC(=O)CCc1nnc(Cc2ccc3c(c2)OCO3)o1. The Kier molecular flexibility index (Phi) is 5.57. The Morgan fingerprint density at radius 1 is 1.21 bits per heavy atom. The molecule has 0 spiro atoms. The van der Waals surface area contributed by atoms with Gasteiger partial charge in [-0.15, -0.1) is 21.5 Å². The lowest BCUT2D eigenvalue weighted by Gasteiger charge is -2.12. The lowest BCUT2D eigenvalue weighted by molar-refractivity contribution is -0.121. The van der Waals surface area contributed by atoms with E-state index in [1.54, 1.807) is 11.3 Å². The molecule has 1 aliphatic rings. The van der Waals surface area contributed by atoms with Crippen LogP contribution in [0.4, 0.5) is 0 Å². The Hall–Kier alpha value is -2.87. The summed E-state index contributed by atoms with van der Waals surface area (Å²) in [7, 11) is 0. The van der Waals surface area contributed by atoms with Gasteiger partial charge in [-0.2, -0.15) is 0 Å². The molecule has 0 bridgehead atoms. The summed E-state index contributed by atoms with van der Waals surface area (Å²) in [5.74, 6) is 2.44. The lowest BCUT2D eigenvalue weighted by atomic mass is 10.1. The minimum atomic E-state index is -0.0143. The molecule has 0 aliphatic carbocycles. The zero-order valence-corrected chi connectivity index (χ0v) is 16.3. The van der Waals surface area contributed by atoms with Crippen molar-refractivity contribution in [3.63, 3.8) is 0 Å². The maximum absolute atomic E-state index is 12.1. The number of carbonyl (C=O) groups excluding carboxylic acids is 1. The van der Waals surface area contributed by atoms with E-state index in [0.717, 1.165) is 23.5 Å². The number of rotatable bonds is 8. The number of hydrogen-bond donors (Lipinski definition) is 1. The van der Waals surface area contributed by atoms with Crippen LogP contribution in [0.5, 0.6) is 11.5 Å². The minimum absolute atomic E-state index is 0.0143. The molecular weight excluding hydrogens is 378 g/mol. The number of aryl methyl sites for hydroxylation is 1. The van der Waals surface area contributed by atoms with Gasteiger partial charge in [-0.3, -0.25) is 4.79 Å².